The number of pyridine rings is 1. The molecule has 2 heterocycles. The van der Waals surface area contributed by atoms with E-state index in [-0.39, 0.29) is 27.1 Å². The van der Waals surface area contributed by atoms with Gasteiger partial charge in [0.2, 0.25) is 0 Å². The van der Waals surface area contributed by atoms with Gasteiger partial charge in [-0.3, -0.25) is 4.98 Å². The van der Waals surface area contributed by atoms with Crippen molar-refractivity contribution >= 4 is 21.9 Å². The second kappa shape index (κ2) is 6.99. The number of aromatic nitrogens is 3. The van der Waals surface area contributed by atoms with Crippen LogP contribution in [-0.4, -0.2) is 32.2 Å². The van der Waals surface area contributed by atoms with Crippen molar-refractivity contribution in [1.82, 2.24) is 14.8 Å². The van der Waals surface area contributed by atoms with Gasteiger partial charge in [-0.05, 0) is 24.3 Å². The van der Waals surface area contributed by atoms with E-state index in [0.29, 0.717) is 0 Å². The zero-order valence-corrected chi connectivity index (χ0v) is 14.6. The van der Waals surface area contributed by atoms with E-state index in [2.05, 4.69) is 30.7 Å². The maximum absolute atomic E-state index is 13.5. The van der Waals surface area contributed by atoms with Crippen LogP contribution < -0.4 is 4.74 Å². The summed E-state index contributed by atoms with van der Waals surface area (Å²) in [5, 5.41) is 13.0. The number of alkyl halides is 3. The molecule has 0 atom stereocenters. The third-order valence-electron chi connectivity index (χ3n) is 3.26. The number of benzene rings is 1. The Kier molecular flexibility index (Phi) is 4.87. The van der Waals surface area contributed by atoms with Crippen LogP contribution >= 0.6 is 15.9 Å². The van der Waals surface area contributed by atoms with E-state index in [1.165, 1.54) is 12.3 Å². The summed E-state index contributed by atoms with van der Waals surface area (Å²) in [6, 6.07) is 5.80. The minimum Gasteiger partial charge on any atom is -0.476 e. The molecule has 0 saturated heterocycles. The molecule has 2 aromatic heterocycles. The fraction of sp³-hybridized carbons (Fsp3) is 0.0625. The molecule has 0 amide bonds. The second-order valence-electron chi connectivity index (χ2n) is 5.22. The van der Waals surface area contributed by atoms with Crippen LogP contribution in [0.1, 0.15) is 10.5 Å². The molecule has 11 heteroatoms. The molecule has 1 aromatic carbocycles. The fourth-order valence-corrected chi connectivity index (χ4v) is 2.78. The number of hydrogen-bond donors (Lipinski definition) is 1. The lowest BCUT2D eigenvalue weighted by atomic mass is 10.1. The Morgan fingerprint density at radius 1 is 1.15 bits per heavy atom. The van der Waals surface area contributed by atoms with Crippen molar-refractivity contribution in [2.75, 3.05) is 0 Å². The first-order valence-corrected chi connectivity index (χ1v) is 7.93. The molecule has 0 unspecified atom stereocenters. The highest BCUT2D eigenvalue weighted by molar-refractivity contribution is 9.10. The van der Waals surface area contributed by atoms with Crippen molar-refractivity contribution < 1.29 is 32.2 Å². The van der Waals surface area contributed by atoms with E-state index >= 15 is 0 Å². The Labute approximate surface area is 157 Å². The molecule has 27 heavy (non-hydrogen) atoms. The van der Waals surface area contributed by atoms with Crippen molar-refractivity contribution in [3.05, 3.63) is 58.7 Å². The summed E-state index contributed by atoms with van der Waals surface area (Å²) in [4.78, 5) is 14.9. The van der Waals surface area contributed by atoms with E-state index < -0.39 is 23.9 Å². The standard InChI is InChI=1S/C16H8BrF4N3O3/c17-9-1-8(2-12(3-9)27-16(19,20)21)14-5-13(15(25)26)23-24(14)11-4-10(18)6-22-7-11/h1-7H,(H,25,26). The fourth-order valence-electron chi connectivity index (χ4n) is 2.31. The molecule has 6 nitrogen and oxygen atoms in total. The van der Waals surface area contributed by atoms with Crippen LogP contribution in [-0.2, 0) is 0 Å². The van der Waals surface area contributed by atoms with Gasteiger partial charge >= 0.3 is 12.3 Å². The van der Waals surface area contributed by atoms with Crippen molar-refractivity contribution in [2.45, 2.75) is 6.36 Å². The summed E-state index contributed by atoms with van der Waals surface area (Å²) >= 11 is 3.08. The van der Waals surface area contributed by atoms with Crippen molar-refractivity contribution in [1.29, 1.82) is 0 Å². The molecule has 0 radical (unpaired) electrons. The molecular weight excluding hydrogens is 438 g/mol. The first kappa shape index (κ1) is 18.8. The quantitative estimate of drug-likeness (QED) is 0.601. The van der Waals surface area contributed by atoms with Crippen LogP contribution in [0.15, 0.2) is 47.2 Å². The third kappa shape index (κ3) is 4.42. The van der Waals surface area contributed by atoms with Crippen molar-refractivity contribution in [3.63, 3.8) is 0 Å². The Morgan fingerprint density at radius 2 is 1.89 bits per heavy atom. The van der Waals surface area contributed by atoms with E-state index in [0.717, 1.165) is 35.1 Å². The maximum Gasteiger partial charge on any atom is 0.573 e. The van der Waals surface area contributed by atoms with E-state index in [1.54, 1.807) is 0 Å². The van der Waals surface area contributed by atoms with Gasteiger partial charge in [0.1, 0.15) is 11.6 Å². The molecule has 0 fully saturated rings. The predicted octanol–water partition coefficient (Wildman–Crippen LogP) is 4.43. The van der Waals surface area contributed by atoms with Crippen LogP contribution in [0.3, 0.4) is 0 Å². The zero-order chi connectivity index (χ0) is 19.8. The molecule has 0 aliphatic carbocycles. The molecule has 0 bridgehead atoms. The van der Waals surface area contributed by atoms with Crippen LogP contribution in [0.5, 0.6) is 5.75 Å². The summed E-state index contributed by atoms with van der Waals surface area (Å²) < 4.78 is 56.3. The highest BCUT2D eigenvalue weighted by Crippen LogP contribution is 2.33. The van der Waals surface area contributed by atoms with Gasteiger partial charge in [-0.25, -0.2) is 13.9 Å². The molecule has 0 aliphatic heterocycles. The summed E-state index contributed by atoms with van der Waals surface area (Å²) in [6.07, 6.45) is -2.73. The van der Waals surface area contributed by atoms with Gasteiger partial charge in [-0.2, -0.15) is 5.10 Å². The third-order valence-corrected chi connectivity index (χ3v) is 3.72. The first-order chi connectivity index (χ1) is 12.6. The number of carboxylic acid groups (broad SMARTS) is 1. The number of halogens is 5. The largest absolute Gasteiger partial charge is 0.573 e. The van der Waals surface area contributed by atoms with Gasteiger partial charge in [0.05, 0.1) is 23.8 Å². The zero-order valence-electron chi connectivity index (χ0n) is 13.0. The number of aromatic carboxylic acids is 1. The van der Waals surface area contributed by atoms with Crippen molar-refractivity contribution in [3.8, 4) is 22.7 Å². The monoisotopic (exact) mass is 445 g/mol. The molecule has 1 N–H and O–H groups in total. The van der Waals surface area contributed by atoms with E-state index in [9.17, 15) is 27.5 Å². The van der Waals surface area contributed by atoms with Gasteiger partial charge in [-0.15, -0.1) is 13.2 Å². The lowest BCUT2D eigenvalue weighted by Crippen LogP contribution is -2.17. The van der Waals surface area contributed by atoms with Crippen LogP contribution in [0.25, 0.3) is 16.9 Å². The number of hydrogen-bond acceptors (Lipinski definition) is 4. The van der Waals surface area contributed by atoms with Crippen molar-refractivity contribution in [2.24, 2.45) is 0 Å². The topological polar surface area (TPSA) is 77.2 Å². The average molecular weight is 446 g/mol. The molecule has 0 spiro atoms. The highest BCUT2D eigenvalue weighted by Gasteiger charge is 2.31. The number of ether oxygens (including phenoxy) is 1. The summed E-state index contributed by atoms with van der Waals surface area (Å²) in [5.41, 5.74) is -0.0238. The smallest absolute Gasteiger partial charge is 0.476 e. The lowest BCUT2D eigenvalue weighted by Gasteiger charge is -2.12. The second-order valence-corrected chi connectivity index (χ2v) is 6.13. The molecule has 0 aliphatic rings. The summed E-state index contributed by atoms with van der Waals surface area (Å²) in [6.45, 7) is 0. The Balaban J connectivity index is 2.18. The minimum atomic E-state index is -4.91. The normalized spacial score (nSPS) is 11.4. The number of rotatable bonds is 4. The number of carbonyl (C=O) groups is 1. The van der Waals surface area contributed by atoms with Crippen LogP contribution in [0.4, 0.5) is 17.6 Å². The molecule has 140 valence electrons. The Hall–Kier alpha value is -2.95. The Bertz CT molecular complexity index is 1020. The van der Waals surface area contributed by atoms with Gasteiger partial charge in [0, 0.05) is 16.1 Å². The maximum atomic E-state index is 13.5. The highest BCUT2D eigenvalue weighted by atomic mass is 79.9. The molecule has 3 rings (SSSR count). The molecule has 0 saturated carbocycles. The number of nitrogens with zero attached hydrogens (tertiary/aromatic N) is 3. The van der Waals surface area contributed by atoms with E-state index in [4.69, 9.17) is 0 Å². The summed E-state index contributed by atoms with van der Waals surface area (Å²) in [7, 11) is 0. The molecule has 3 aromatic rings. The van der Waals surface area contributed by atoms with Gasteiger partial charge in [0.15, 0.2) is 5.69 Å². The van der Waals surface area contributed by atoms with Gasteiger partial charge < -0.3 is 9.84 Å². The molecular formula is C16H8BrF4N3O3. The minimum absolute atomic E-state index is 0.0933. The SMILES string of the molecule is O=C(O)c1cc(-c2cc(Br)cc(OC(F)(F)F)c2)n(-c2cncc(F)c2)n1. The average Bonchev–Trinajstić information content (AvgIpc) is 2.98. The van der Waals surface area contributed by atoms with Crippen LogP contribution in [0, 0.1) is 5.82 Å². The predicted molar refractivity (Wildman–Crippen MR) is 88.1 cm³/mol. The number of carboxylic acids is 1. The summed E-state index contributed by atoms with van der Waals surface area (Å²) in [5.74, 6) is -2.57. The first-order valence-electron chi connectivity index (χ1n) is 7.13. The van der Waals surface area contributed by atoms with Crippen LogP contribution in [0.2, 0.25) is 0 Å². The van der Waals surface area contributed by atoms with Gasteiger partial charge in [-0.1, -0.05) is 15.9 Å². The van der Waals surface area contributed by atoms with E-state index in [1.807, 2.05) is 0 Å². The van der Waals surface area contributed by atoms with Gasteiger partial charge in [0.25, 0.3) is 0 Å². The lowest BCUT2D eigenvalue weighted by molar-refractivity contribution is -0.274. The Morgan fingerprint density at radius 3 is 2.52 bits per heavy atom.